The van der Waals surface area contributed by atoms with Crippen molar-refractivity contribution in [2.45, 2.75) is 43.8 Å². The molecule has 1 fully saturated rings. The molecule has 0 aromatic heterocycles. The van der Waals surface area contributed by atoms with E-state index < -0.39 is 6.10 Å². The van der Waals surface area contributed by atoms with Crippen LogP contribution < -0.4 is 14.8 Å². The third-order valence-electron chi connectivity index (χ3n) is 6.53. The van der Waals surface area contributed by atoms with Crippen molar-refractivity contribution in [3.8, 4) is 11.5 Å². The summed E-state index contributed by atoms with van der Waals surface area (Å²) in [6, 6.07) is 11.6. The lowest BCUT2D eigenvalue weighted by Crippen LogP contribution is -2.49. The molecule has 2 N–H and O–H groups in total. The fraction of sp³-hybridized carbons (Fsp3) is 0.458. The third kappa shape index (κ3) is 4.38. The summed E-state index contributed by atoms with van der Waals surface area (Å²) in [5.74, 6) is 1.58. The van der Waals surface area contributed by atoms with Gasteiger partial charge in [-0.1, -0.05) is 23.7 Å². The molecule has 0 unspecified atom stereocenters. The van der Waals surface area contributed by atoms with Crippen LogP contribution in [-0.4, -0.2) is 53.9 Å². The predicted molar refractivity (Wildman–Crippen MR) is 119 cm³/mol. The average molecular weight is 443 g/mol. The number of rotatable bonds is 5. The van der Waals surface area contributed by atoms with Crippen molar-refractivity contribution in [1.29, 1.82) is 0 Å². The van der Waals surface area contributed by atoms with E-state index in [4.69, 9.17) is 21.1 Å². The Labute approximate surface area is 187 Å². The maximum atomic E-state index is 11.7. The highest BCUT2D eigenvalue weighted by molar-refractivity contribution is 6.30. The summed E-state index contributed by atoms with van der Waals surface area (Å²) < 4.78 is 12.2. The van der Waals surface area contributed by atoms with Crippen LogP contribution in [-0.2, 0) is 17.6 Å². The van der Waals surface area contributed by atoms with E-state index in [-0.39, 0.29) is 18.1 Å². The third-order valence-corrected chi connectivity index (χ3v) is 6.76. The molecule has 0 bridgehead atoms. The van der Waals surface area contributed by atoms with Crippen molar-refractivity contribution in [2.75, 3.05) is 31.6 Å². The molecule has 0 saturated carbocycles. The lowest BCUT2D eigenvalue weighted by atomic mass is 9.87. The molecule has 6 nitrogen and oxygen atoms in total. The fourth-order valence-electron chi connectivity index (χ4n) is 4.86. The smallest absolute Gasteiger partial charge is 0.224 e. The molecule has 164 valence electrons. The second-order valence-corrected chi connectivity index (χ2v) is 9.25. The number of amides is 1. The highest BCUT2D eigenvalue weighted by Gasteiger charge is 2.42. The van der Waals surface area contributed by atoms with Gasteiger partial charge in [0.2, 0.25) is 5.91 Å². The number of ether oxygens (including phenoxy) is 2. The van der Waals surface area contributed by atoms with Gasteiger partial charge in [0.25, 0.3) is 0 Å². The molecular formula is C24H27ClN2O4. The van der Waals surface area contributed by atoms with E-state index in [1.807, 2.05) is 36.4 Å². The Balaban J connectivity index is 1.12. The predicted octanol–water partition coefficient (Wildman–Crippen LogP) is 3.43. The summed E-state index contributed by atoms with van der Waals surface area (Å²) in [4.78, 5) is 14.0. The van der Waals surface area contributed by atoms with Crippen LogP contribution in [0.25, 0.3) is 0 Å². The number of para-hydroxylation sites is 1. The Hall–Kier alpha value is -2.28. The molecule has 2 aromatic rings. The first-order valence-electron chi connectivity index (χ1n) is 10.9. The Kier molecular flexibility index (Phi) is 5.54. The number of carbonyl (C=O) groups is 1. The van der Waals surface area contributed by atoms with Gasteiger partial charge in [-0.15, -0.1) is 0 Å². The van der Waals surface area contributed by atoms with Crippen LogP contribution in [0.15, 0.2) is 36.4 Å². The Morgan fingerprint density at radius 2 is 2.03 bits per heavy atom. The zero-order valence-electron chi connectivity index (χ0n) is 17.4. The second-order valence-electron chi connectivity index (χ2n) is 8.82. The number of aliphatic hydroxyl groups is 1. The quantitative estimate of drug-likeness (QED) is 0.742. The van der Waals surface area contributed by atoms with Gasteiger partial charge in [-0.05, 0) is 41.8 Å². The summed E-state index contributed by atoms with van der Waals surface area (Å²) in [5.41, 5.74) is 2.86. The van der Waals surface area contributed by atoms with Crippen LogP contribution >= 0.6 is 11.6 Å². The second kappa shape index (κ2) is 8.34. The normalized spacial score (nSPS) is 20.5. The molecular weight excluding hydrogens is 416 g/mol. The highest BCUT2D eigenvalue weighted by atomic mass is 35.5. The van der Waals surface area contributed by atoms with Gasteiger partial charge in [-0.25, -0.2) is 0 Å². The summed E-state index contributed by atoms with van der Waals surface area (Å²) in [6.07, 6.45) is 3.35. The number of fused-ring (bicyclic) bond motifs is 2. The maximum Gasteiger partial charge on any atom is 0.224 e. The van der Waals surface area contributed by atoms with Gasteiger partial charge >= 0.3 is 0 Å². The summed E-state index contributed by atoms with van der Waals surface area (Å²) in [7, 11) is 0. The fourth-order valence-corrected chi connectivity index (χ4v) is 5.05. The monoisotopic (exact) mass is 442 g/mol. The largest absolute Gasteiger partial charge is 0.489 e. The zero-order valence-corrected chi connectivity index (χ0v) is 18.2. The minimum absolute atomic E-state index is 0.00454. The maximum absolute atomic E-state index is 11.7. The summed E-state index contributed by atoms with van der Waals surface area (Å²) in [6.45, 7) is 2.48. The van der Waals surface area contributed by atoms with Gasteiger partial charge in [-0.3, -0.25) is 4.79 Å². The van der Waals surface area contributed by atoms with E-state index in [1.165, 1.54) is 5.56 Å². The standard InChI is InChI=1S/C24H27ClN2O4/c25-18-5-6-20-17(12-18)13-24(31-20)8-10-27(11-9-24)14-19(28)15-30-21-3-1-2-16-4-7-22(29)26-23(16)21/h1-3,5-6,12,19,28H,4,7-11,13-15H2,(H,26,29)/t19-/m1/s1. The molecule has 7 heteroatoms. The topological polar surface area (TPSA) is 71.0 Å². The molecule has 0 aliphatic carbocycles. The molecule has 3 aliphatic rings. The number of anilines is 1. The molecule has 0 radical (unpaired) electrons. The van der Waals surface area contributed by atoms with Crippen LogP contribution in [0.2, 0.25) is 5.02 Å². The average Bonchev–Trinajstić information content (AvgIpc) is 3.11. The summed E-state index contributed by atoms with van der Waals surface area (Å²) in [5, 5.41) is 14.2. The molecule has 3 aliphatic heterocycles. The molecule has 1 atom stereocenters. The number of piperidine rings is 1. The summed E-state index contributed by atoms with van der Waals surface area (Å²) >= 11 is 6.13. The van der Waals surface area contributed by atoms with E-state index in [0.717, 1.165) is 54.4 Å². The van der Waals surface area contributed by atoms with E-state index in [0.29, 0.717) is 25.1 Å². The van der Waals surface area contributed by atoms with Gasteiger partial charge in [0, 0.05) is 50.3 Å². The van der Waals surface area contributed by atoms with Gasteiger partial charge in [0.15, 0.2) is 0 Å². The molecule has 2 aromatic carbocycles. The lowest BCUT2D eigenvalue weighted by Gasteiger charge is -2.39. The van der Waals surface area contributed by atoms with Crippen LogP contribution in [0.1, 0.15) is 30.4 Å². The van der Waals surface area contributed by atoms with E-state index in [1.54, 1.807) is 0 Å². The molecule has 1 saturated heterocycles. The van der Waals surface area contributed by atoms with E-state index in [2.05, 4.69) is 10.2 Å². The number of hydrogen-bond acceptors (Lipinski definition) is 5. The number of nitrogens with one attached hydrogen (secondary N) is 1. The van der Waals surface area contributed by atoms with Crippen molar-refractivity contribution >= 4 is 23.2 Å². The Bertz CT molecular complexity index is 988. The first-order chi connectivity index (χ1) is 15.0. The number of nitrogens with zero attached hydrogens (tertiary/aromatic N) is 1. The molecule has 1 amide bonds. The number of aliphatic hydroxyl groups excluding tert-OH is 1. The molecule has 1 spiro atoms. The first-order valence-corrected chi connectivity index (χ1v) is 11.3. The van der Waals surface area contributed by atoms with Crippen LogP contribution in [0.4, 0.5) is 5.69 Å². The number of halogens is 1. The number of aryl methyl sites for hydroxylation is 1. The number of β-amino-alcohol motifs (C(OH)–C–C–N with tert-alkyl or cyclic N) is 1. The molecule has 31 heavy (non-hydrogen) atoms. The van der Waals surface area contributed by atoms with Crippen LogP contribution in [0.3, 0.4) is 0 Å². The Morgan fingerprint density at radius 1 is 1.19 bits per heavy atom. The lowest BCUT2D eigenvalue weighted by molar-refractivity contribution is -0.116. The zero-order chi connectivity index (χ0) is 21.4. The number of benzene rings is 2. The number of likely N-dealkylation sites (tertiary alicyclic amines) is 1. The number of carbonyl (C=O) groups excluding carboxylic acids is 1. The Morgan fingerprint density at radius 3 is 2.87 bits per heavy atom. The first kappa shape index (κ1) is 20.6. The van der Waals surface area contributed by atoms with Crippen molar-refractivity contribution in [3.63, 3.8) is 0 Å². The van der Waals surface area contributed by atoms with Crippen molar-refractivity contribution < 1.29 is 19.4 Å². The van der Waals surface area contributed by atoms with Gasteiger partial charge in [0.05, 0.1) is 5.69 Å². The van der Waals surface area contributed by atoms with E-state index in [9.17, 15) is 9.90 Å². The van der Waals surface area contributed by atoms with E-state index >= 15 is 0 Å². The molecule has 5 rings (SSSR count). The van der Waals surface area contributed by atoms with Crippen molar-refractivity contribution in [1.82, 2.24) is 4.90 Å². The number of hydrogen-bond donors (Lipinski definition) is 2. The minimum Gasteiger partial charge on any atom is -0.489 e. The SMILES string of the molecule is O=C1CCc2cccc(OC[C@H](O)CN3CCC4(CC3)Cc3cc(Cl)ccc3O4)c2N1. The van der Waals surface area contributed by atoms with Gasteiger partial charge < -0.3 is 24.8 Å². The van der Waals surface area contributed by atoms with Crippen LogP contribution in [0, 0.1) is 0 Å². The van der Waals surface area contributed by atoms with Crippen molar-refractivity contribution in [2.24, 2.45) is 0 Å². The molecule has 3 heterocycles. The minimum atomic E-state index is -0.607. The van der Waals surface area contributed by atoms with Gasteiger partial charge in [-0.2, -0.15) is 0 Å². The van der Waals surface area contributed by atoms with Crippen LogP contribution in [0.5, 0.6) is 11.5 Å². The highest BCUT2D eigenvalue weighted by Crippen LogP contribution is 2.42. The van der Waals surface area contributed by atoms with Gasteiger partial charge in [0.1, 0.15) is 29.8 Å². The van der Waals surface area contributed by atoms with Crippen molar-refractivity contribution in [3.05, 3.63) is 52.5 Å².